The average Bonchev–Trinajstić information content (AvgIpc) is 2.38. The molecule has 1 aromatic rings. The fourth-order valence-corrected chi connectivity index (χ4v) is 1.88. The van der Waals surface area contributed by atoms with Gasteiger partial charge in [0.15, 0.2) is 0 Å². The first-order chi connectivity index (χ1) is 8.91. The molecule has 19 heavy (non-hydrogen) atoms. The zero-order valence-electron chi connectivity index (χ0n) is 11.0. The van der Waals surface area contributed by atoms with Crippen LogP contribution in [-0.2, 0) is 9.31 Å². The van der Waals surface area contributed by atoms with E-state index >= 15 is 0 Å². The summed E-state index contributed by atoms with van der Waals surface area (Å²) in [5, 5.41) is 8.97. The summed E-state index contributed by atoms with van der Waals surface area (Å²) >= 11 is 0. The van der Waals surface area contributed by atoms with Crippen molar-refractivity contribution in [2.45, 2.75) is 13.8 Å². The minimum absolute atomic E-state index is 0.0319. The Morgan fingerprint density at radius 3 is 2.53 bits per heavy atom. The maximum Gasteiger partial charge on any atom is 0.493 e. The standard InChI is InChI=1S/C13H15BN2O3/c1-13(2)7-18-14(19-8-13)11-4-9(6-15)3-10(5-11)12(16)17/h3-5H,7-8H2,1-2H3,(H2,16,17). The monoisotopic (exact) mass is 258 g/mol. The fraction of sp³-hybridized carbons (Fsp3) is 0.385. The number of nitrogens with zero attached hydrogens (tertiary/aromatic N) is 1. The van der Waals surface area contributed by atoms with E-state index in [0.29, 0.717) is 24.2 Å². The lowest BCUT2D eigenvalue weighted by atomic mass is 9.74. The number of rotatable bonds is 2. The van der Waals surface area contributed by atoms with Crippen LogP contribution in [-0.4, -0.2) is 26.2 Å². The van der Waals surface area contributed by atoms with Crippen LogP contribution < -0.4 is 11.2 Å². The number of nitriles is 1. The predicted molar refractivity (Wildman–Crippen MR) is 70.7 cm³/mol. The largest absolute Gasteiger partial charge is 0.493 e. The molecule has 0 spiro atoms. The Morgan fingerprint density at radius 1 is 1.37 bits per heavy atom. The maximum atomic E-state index is 11.2. The van der Waals surface area contributed by atoms with Crippen molar-refractivity contribution in [1.82, 2.24) is 0 Å². The van der Waals surface area contributed by atoms with Crippen molar-refractivity contribution in [3.8, 4) is 6.07 Å². The molecule has 6 heteroatoms. The fourth-order valence-electron chi connectivity index (χ4n) is 1.88. The van der Waals surface area contributed by atoms with E-state index in [-0.39, 0.29) is 11.0 Å². The van der Waals surface area contributed by atoms with Crippen LogP contribution in [0.25, 0.3) is 0 Å². The van der Waals surface area contributed by atoms with Crippen LogP contribution in [0.1, 0.15) is 29.8 Å². The molecule has 0 aliphatic carbocycles. The van der Waals surface area contributed by atoms with Crippen molar-refractivity contribution < 1.29 is 14.1 Å². The van der Waals surface area contributed by atoms with Gasteiger partial charge >= 0.3 is 7.12 Å². The Labute approximate surface area is 112 Å². The minimum Gasteiger partial charge on any atom is -0.407 e. The zero-order chi connectivity index (χ0) is 14.0. The number of hydrogen-bond donors (Lipinski definition) is 1. The van der Waals surface area contributed by atoms with E-state index in [9.17, 15) is 4.79 Å². The van der Waals surface area contributed by atoms with Crippen molar-refractivity contribution >= 4 is 18.5 Å². The summed E-state index contributed by atoms with van der Waals surface area (Å²) in [6, 6.07) is 6.71. The molecule has 0 radical (unpaired) electrons. The quantitative estimate of drug-likeness (QED) is 0.779. The molecule has 0 aromatic heterocycles. The van der Waals surface area contributed by atoms with Crippen LogP contribution in [0.2, 0.25) is 0 Å². The molecule has 0 saturated carbocycles. The van der Waals surface area contributed by atoms with E-state index < -0.39 is 13.0 Å². The number of primary amides is 1. The molecule has 1 amide bonds. The van der Waals surface area contributed by atoms with Crippen molar-refractivity contribution in [1.29, 1.82) is 5.26 Å². The number of benzene rings is 1. The van der Waals surface area contributed by atoms with Crippen molar-refractivity contribution in [3.05, 3.63) is 29.3 Å². The van der Waals surface area contributed by atoms with Gasteiger partial charge in [-0.05, 0) is 23.7 Å². The summed E-state index contributed by atoms with van der Waals surface area (Å²) in [6.07, 6.45) is 0. The molecule has 1 fully saturated rings. The van der Waals surface area contributed by atoms with Crippen molar-refractivity contribution in [2.24, 2.45) is 11.1 Å². The lowest BCUT2D eigenvalue weighted by molar-refractivity contribution is 0.0343. The van der Waals surface area contributed by atoms with E-state index in [2.05, 4.69) is 0 Å². The van der Waals surface area contributed by atoms with Gasteiger partial charge in [-0.25, -0.2) is 0 Å². The van der Waals surface area contributed by atoms with Gasteiger partial charge in [0.05, 0.1) is 11.6 Å². The molecule has 2 rings (SSSR count). The van der Waals surface area contributed by atoms with Crippen LogP contribution in [0.3, 0.4) is 0 Å². The lowest BCUT2D eigenvalue weighted by Gasteiger charge is -2.33. The third-order valence-corrected chi connectivity index (χ3v) is 2.89. The number of carbonyl (C=O) groups excluding carboxylic acids is 1. The summed E-state index contributed by atoms with van der Waals surface area (Å²) in [7, 11) is -0.556. The molecule has 0 unspecified atom stereocenters. The minimum atomic E-state index is -0.575. The molecular weight excluding hydrogens is 243 g/mol. The number of amides is 1. The lowest BCUT2D eigenvalue weighted by Crippen LogP contribution is -2.47. The molecule has 1 saturated heterocycles. The summed E-state index contributed by atoms with van der Waals surface area (Å²) in [4.78, 5) is 11.2. The Kier molecular flexibility index (Phi) is 3.60. The highest BCUT2D eigenvalue weighted by atomic mass is 16.6. The predicted octanol–water partition coefficient (Wildman–Crippen LogP) is 0.425. The summed E-state index contributed by atoms with van der Waals surface area (Å²) in [5.74, 6) is -0.575. The molecule has 1 aliphatic rings. The van der Waals surface area contributed by atoms with E-state index in [0.717, 1.165) is 0 Å². The van der Waals surface area contributed by atoms with E-state index in [1.165, 1.54) is 6.07 Å². The molecule has 2 N–H and O–H groups in total. The highest BCUT2D eigenvalue weighted by molar-refractivity contribution is 6.61. The SMILES string of the molecule is CC1(C)COB(c2cc(C#N)cc(C(N)=O)c2)OC1. The first-order valence-electron chi connectivity index (χ1n) is 5.99. The zero-order valence-corrected chi connectivity index (χ0v) is 11.0. The second-order valence-electron chi connectivity index (χ2n) is 5.44. The van der Waals surface area contributed by atoms with Gasteiger partial charge in [0.2, 0.25) is 5.91 Å². The van der Waals surface area contributed by atoms with Crippen LogP contribution in [0.15, 0.2) is 18.2 Å². The second-order valence-corrected chi connectivity index (χ2v) is 5.44. The van der Waals surface area contributed by atoms with Crippen molar-refractivity contribution in [3.63, 3.8) is 0 Å². The molecule has 98 valence electrons. The highest BCUT2D eigenvalue weighted by Gasteiger charge is 2.33. The Morgan fingerprint density at radius 2 is 2.00 bits per heavy atom. The molecule has 1 aliphatic heterocycles. The van der Waals surface area contributed by atoms with Gasteiger partial charge < -0.3 is 15.0 Å². The van der Waals surface area contributed by atoms with Gasteiger partial charge in [0.25, 0.3) is 0 Å². The van der Waals surface area contributed by atoms with E-state index in [4.69, 9.17) is 20.3 Å². The summed E-state index contributed by atoms with van der Waals surface area (Å²) < 4.78 is 11.3. The van der Waals surface area contributed by atoms with Gasteiger partial charge in [-0.3, -0.25) is 4.79 Å². The Bertz CT molecular complexity index is 541. The Balaban J connectivity index is 2.28. The van der Waals surface area contributed by atoms with Gasteiger partial charge in [-0.2, -0.15) is 5.26 Å². The maximum absolute atomic E-state index is 11.2. The van der Waals surface area contributed by atoms with Crippen LogP contribution in [0.4, 0.5) is 0 Å². The first kappa shape index (κ1) is 13.6. The molecule has 5 nitrogen and oxygen atoms in total. The third-order valence-electron chi connectivity index (χ3n) is 2.89. The molecular formula is C13H15BN2O3. The molecule has 1 aromatic carbocycles. The smallest absolute Gasteiger partial charge is 0.407 e. The second kappa shape index (κ2) is 5.04. The van der Waals surface area contributed by atoms with Crippen LogP contribution >= 0.6 is 0 Å². The molecule has 1 heterocycles. The number of carbonyl (C=O) groups is 1. The van der Waals surface area contributed by atoms with Gasteiger partial charge in [0.1, 0.15) is 0 Å². The third kappa shape index (κ3) is 3.14. The molecule has 0 atom stereocenters. The summed E-state index contributed by atoms with van der Waals surface area (Å²) in [6.45, 7) is 5.20. The normalized spacial score (nSPS) is 17.8. The highest BCUT2D eigenvalue weighted by Crippen LogP contribution is 2.21. The topological polar surface area (TPSA) is 85.3 Å². The summed E-state index contributed by atoms with van der Waals surface area (Å²) in [5.41, 5.74) is 6.51. The van der Waals surface area contributed by atoms with Gasteiger partial charge in [0, 0.05) is 24.2 Å². The van der Waals surface area contributed by atoms with E-state index in [1.807, 2.05) is 19.9 Å². The molecule has 0 bridgehead atoms. The number of hydrogen-bond acceptors (Lipinski definition) is 4. The van der Waals surface area contributed by atoms with Crippen molar-refractivity contribution in [2.75, 3.05) is 13.2 Å². The first-order valence-corrected chi connectivity index (χ1v) is 5.99. The van der Waals surface area contributed by atoms with Crippen LogP contribution in [0, 0.1) is 16.7 Å². The number of nitrogens with two attached hydrogens (primary N) is 1. The van der Waals surface area contributed by atoms with Gasteiger partial charge in [-0.15, -0.1) is 0 Å². The van der Waals surface area contributed by atoms with Crippen LogP contribution in [0.5, 0.6) is 0 Å². The van der Waals surface area contributed by atoms with Gasteiger partial charge in [-0.1, -0.05) is 13.8 Å². The average molecular weight is 258 g/mol. The van der Waals surface area contributed by atoms with E-state index in [1.54, 1.807) is 12.1 Å². The Hall–Kier alpha value is -1.84.